The summed E-state index contributed by atoms with van der Waals surface area (Å²) in [5, 5.41) is 16.5. The van der Waals surface area contributed by atoms with Crippen molar-refractivity contribution in [1.29, 1.82) is 0 Å². The zero-order valence-electron chi connectivity index (χ0n) is 2.10. The van der Waals surface area contributed by atoms with Crippen molar-refractivity contribution in [2.45, 2.75) is 0 Å². The van der Waals surface area contributed by atoms with E-state index in [0.717, 1.165) is 0 Å². The fourth-order valence-corrected chi connectivity index (χ4v) is 0. The molecule has 1 radical (unpaired) electrons. The third-order valence-corrected chi connectivity index (χ3v) is 0. The monoisotopic (exact) mass is 107 g/mol. The van der Waals surface area contributed by atoms with Crippen LogP contribution < -0.4 is 10.0 Å². The zero-order chi connectivity index (χ0) is 2.71. The summed E-state index contributed by atoms with van der Waals surface area (Å²) in [7, 11) is -0.500. The van der Waals surface area contributed by atoms with Gasteiger partial charge >= 0.3 is 19.5 Å². The minimum Gasteiger partial charge on any atom is -0.900 e. The molecule has 0 saturated heterocycles. The summed E-state index contributed by atoms with van der Waals surface area (Å²) in [6.07, 6.45) is 0. The van der Waals surface area contributed by atoms with Crippen molar-refractivity contribution in [1.82, 2.24) is 0 Å². The molecule has 0 rings (SSSR count). The Kier molecular flexibility index (Phi) is 20.9. The first-order chi connectivity index (χ1) is 1.41. The standard InChI is InChI=1S/BO2.Zn/c2-1-3;/q-2;+2. The van der Waals surface area contributed by atoms with Gasteiger partial charge in [0.05, 0.1) is 0 Å². The molecular weight excluding hydrogens is 108 g/mol. The molecule has 0 saturated carbocycles. The molecule has 0 aromatic rings. The third kappa shape index (κ3) is 18.2. The number of hydrogen-bond donors (Lipinski definition) is 0. The van der Waals surface area contributed by atoms with Crippen molar-refractivity contribution >= 4 is 7.69 Å². The Morgan fingerprint density at radius 3 is 1.25 bits per heavy atom. The molecule has 0 aromatic heterocycles. The van der Waals surface area contributed by atoms with Crippen LogP contribution in [0.5, 0.6) is 0 Å². The molecule has 0 aromatic carbocycles. The van der Waals surface area contributed by atoms with Gasteiger partial charge in [-0.1, -0.05) is 0 Å². The van der Waals surface area contributed by atoms with Crippen LogP contribution in [0.2, 0.25) is 0 Å². The molecule has 0 heterocycles. The average molecular weight is 108 g/mol. The molecule has 0 fully saturated rings. The Balaban J connectivity index is 0. The van der Waals surface area contributed by atoms with Crippen molar-refractivity contribution < 1.29 is 29.5 Å². The van der Waals surface area contributed by atoms with Gasteiger partial charge in [0.15, 0.2) is 0 Å². The largest absolute Gasteiger partial charge is 2.00 e. The molecule has 0 amide bonds. The smallest absolute Gasteiger partial charge is 0.900 e. The Bertz CT molecular complexity index is 6.00. The van der Waals surface area contributed by atoms with Crippen molar-refractivity contribution in [2.75, 3.05) is 0 Å². The van der Waals surface area contributed by atoms with E-state index in [2.05, 4.69) is 0 Å². The molecule has 0 atom stereocenters. The predicted molar refractivity (Wildman–Crippen MR) is 5.75 cm³/mol. The maximum absolute atomic E-state index is 8.25. The molecule has 0 unspecified atom stereocenters. The van der Waals surface area contributed by atoms with Crippen LogP contribution in [0, 0.1) is 0 Å². The van der Waals surface area contributed by atoms with Crippen LogP contribution in [-0.4, -0.2) is 7.69 Å². The molecule has 17 valence electrons. The van der Waals surface area contributed by atoms with E-state index in [1.807, 2.05) is 0 Å². The molecule has 0 bridgehead atoms. The summed E-state index contributed by atoms with van der Waals surface area (Å²) in [6, 6.07) is 0. The van der Waals surface area contributed by atoms with Gasteiger partial charge in [-0.2, -0.15) is 0 Å². The number of hydrogen-bond acceptors (Lipinski definition) is 2. The molecule has 0 aliphatic heterocycles. The van der Waals surface area contributed by atoms with Gasteiger partial charge in [0, 0.05) is 0 Å². The average Bonchev–Trinajstić information content (AvgIpc) is 0.918. The van der Waals surface area contributed by atoms with Crippen molar-refractivity contribution in [2.24, 2.45) is 0 Å². The Morgan fingerprint density at radius 2 is 1.25 bits per heavy atom. The summed E-state index contributed by atoms with van der Waals surface area (Å²) in [6.45, 7) is 0. The molecule has 4 heteroatoms. The van der Waals surface area contributed by atoms with E-state index in [-0.39, 0.29) is 19.5 Å². The summed E-state index contributed by atoms with van der Waals surface area (Å²) >= 11 is 0. The molecule has 0 N–H and O–H groups in total. The van der Waals surface area contributed by atoms with Crippen molar-refractivity contribution in [3.8, 4) is 0 Å². The van der Waals surface area contributed by atoms with Crippen LogP contribution in [0.3, 0.4) is 0 Å². The van der Waals surface area contributed by atoms with E-state index >= 15 is 0 Å². The minimum atomic E-state index is -0.500. The van der Waals surface area contributed by atoms with Crippen molar-refractivity contribution in [3.63, 3.8) is 0 Å². The molecule has 4 heavy (non-hydrogen) atoms. The first kappa shape index (κ1) is 8.82. The van der Waals surface area contributed by atoms with Gasteiger partial charge in [0.1, 0.15) is 0 Å². The SMILES string of the molecule is [O-][B][O-].[Zn+2]. The third-order valence-electron chi connectivity index (χ3n) is 0. The van der Waals surface area contributed by atoms with Crippen LogP contribution in [0.15, 0.2) is 0 Å². The van der Waals surface area contributed by atoms with Crippen LogP contribution in [0.1, 0.15) is 0 Å². The maximum Gasteiger partial charge on any atom is 2.00 e. The van der Waals surface area contributed by atoms with Crippen LogP contribution in [-0.2, 0) is 19.5 Å². The summed E-state index contributed by atoms with van der Waals surface area (Å²) < 4.78 is 0. The fourth-order valence-electron chi connectivity index (χ4n) is 0. The summed E-state index contributed by atoms with van der Waals surface area (Å²) in [4.78, 5) is 0. The topological polar surface area (TPSA) is 46.1 Å². The molecule has 0 aliphatic carbocycles. The zero-order valence-corrected chi connectivity index (χ0v) is 5.07. The normalized spacial score (nSPS) is 3.50. The Hall–Kier alpha value is 0.608. The van der Waals surface area contributed by atoms with Crippen molar-refractivity contribution in [3.05, 3.63) is 0 Å². The van der Waals surface area contributed by atoms with E-state index in [0.29, 0.717) is 0 Å². The van der Waals surface area contributed by atoms with E-state index in [1.54, 1.807) is 0 Å². The van der Waals surface area contributed by atoms with Gasteiger partial charge in [0.2, 0.25) is 0 Å². The fraction of sp³-hybridized carbons (Fsp3) is 0. The van der Waals surface area contributed by atoms with Gasteiger partial charge in [-0.15, -0.1) is 0 Å². The van der Waals surface area contributed by atoms with E-state index < -0.39 is 7.69 Å². The molecule has 0 spiro atoms. The maximum atomic E-state index is 8.25. The van der Waals surface area contributed by atoms with Crippen LogP contribution in [0.4, 0.5) is 0 Å². The summed E-state index contributed by atoms with van der Waals surface area (Å²) in [5.74, 6) is 0. The van der Waals surface area contributed by atoms with Crippen LogP contribution >= 0.6 is 0 Å². The second-order valence-corrected chi connectivity index (χ2v) is 0.0962. The Labute approximate surface area is 37.9 Å². The molecule has 2 nitrogen and oxygen atoms in total. The first-order valence-electron chi connectivity index (χ1n) is 0.471. The van der Waals surface area contributed by atoms with Gasteiger partial charge in [-0.3, -0.25) is 0 Å². The molecular formula is BO2Zn. The van der Waals surface area contributed by atoms with Gasteiger partial charge in [-0.25, -0.2) is 7.69 Å². The summed E-state index contributed by atoms with van der Waals surface area (Å²) in [5.41, 5.74) is 0. The van der Waals surface area contributed by atoms with E-state index in [9.17, 15) is 0 Å². The second-order valence-electron chi connectivity index (χ2n) is 0.0962. The van der Waals surface area contributed by atoms with Gasteiger partial charge in [-0.05, 0) is 0 Å². The quantitative estimate of drug-likeness (QED) is 0.316. The van der Waals surface area contributed by atoms with E-state index in [4.69, 9.17) is 10.0 Å². The predicted octanol–water partition coefficient (Wildman–Crippen LogP) is -2.76. The van der Waals surface area contributed by atoms with Gasteiger partial charge in [0.25, 0.3) is 0 Å². The second kappa shape index (κ2) is 9.49. The Morgan fingerprint density at radius 1 is 1.25 bits per heavy atom. The molecule has 0 aliphatic rings. The van der Waals surface area contributed by atoms with Crippen LogP contribution in [0.25, 0.3) is 0 Å². The minimum absolute atomic E-state index is 0. The van der Waals surface area contributed by atoms with E-state index in [1.165, 1.54) is 0 Å². The first-order valence-corrected chi connectivity index (χ1v) is 0.471. The number of rotatable bonds is 0. The van der Waals surface area contributed by atoms with Gasteiger partial charge < -0.3 is 10.0 Å².